The number of rotatable bonds is 5. The molecule has 0 aliphatic heterocycles. The first kappa shape index (κ1) is 18.5. The maximum absolute atomic E-state index is 13.3. The monoisotopic (exact) mass is 369 g/mol. The Hall–Kier alpha value is -2.32. The summed E-state index contributed by atoms with van der Waals surface area (Å²) in [6, 6.07) is 0.673. The van der Waals surface area contributed by atoms with Gasteiger partial charge in [-0.05, 0) is 38.7 Å². The molecular formula is C17H22F3N5O. The number of aryl methyl sites for hydroxylation is 1. The average molecular weight is 369 g/mol. The van der Waals surface area contributed by atoms with Crippen molar-refractivity contribution < 1.29 is 18.0 Å². The molecule has 2 aromatic rings. The number of carbonyl (C=O) groups excluding carboxylic acids is 1. The molecule has 0 aromatic carbocycles. The van der Waals surface area contributed by atoms with E-state index in [2.05, 4.69) is 15.5 Å². The quantitative estimate of drug-likeness (QED) is 0.881. The van der Waals surface area contributed by atoms with Crippen LogP contribution in [0, 0.1) is 0 Å². The summed E-state index contributed by atoms with van der Waals surface area (Å²) >= 11 is 0. The van der Waals surface area contributed by atoms with E-state index in [1.54, 1.807) is 37.8 Å². The van der Waals surface area contributed by atoms with Gasteiger partial charge in [0.05, 0.1) is 11.7 Å². The van der Waals surface area contributed by atoms with Crippen LogP contribution in [0.4, 0.5) is 13.2 Å². The third-order valence-electron chi connectivity index (χ3n) is 4.75. The van der Waals surface area contributed by atoms with Crippen molar-refractivity contribution in [3.05, 3.63) is 34.9 Å². The summed E-state index contributed by atoms with van der Waals surface area (Å²) in [4.78, 5) is 12.7. The Balaban J connectivity index is 1.86. The lowest BCUT2D eigenvalue weighted by atomic mass is 10.1. The van der Waals surface area contributed by atoms with E-state index >= 15 is 0 Å². The van der Waals surface area contributed by atoms with E-state index < -0.39 is 17.9 Å². The third-order valence-corrected chi connectivity index (χ3v) is 4.75. The van der Waals surface area contributed by atoms with Gasteiger partial charge in [-0.15, -0.1) is 0 Å². The number of fused-ring (bicyclic) bond motifs is 1. The fourth-order valence-corrected chi connectivity index (χ4v) is 3.47. The number of hydrogen-bond acceptors (Lipinski definition) is 3. The number of hydrogen-bond donors (Lipinski definition) is 1. The maximum Gasteiger partial charge on any atom is 0.435 e. The summed E-state index contributed by atoms with van der Waals surface area (Å²) in [6.07, 6.45) is -0.865. The molecule has 0 saturated carbocycles. The molecular weight excluding hydrogens is 347 g/mol. The molecule has 0 fully saturated rings. The minimum Gasteiger partial charge on any atom is -0.346 e. The van der Waals surface area contributed by atoms with E-state index in [1.165, 1.54) is 4.68 Å². The highest BCUT2D eigenvalue weighted by atomic mass is 19.4. The first-order valence-electron chi connectivity index (χ1n) is 8.69. The zero-order chi connectivity index (χ0) is 19.1. The van der Waals surface area contributed by atoms with Crippen LogP contribution < -0.4 is 5.32 Å². The van der Waals surface area contributed by atoms with Crippen LogP contribution in [-0.4, -0.2) is 25.5 Å². The van der Waals surface area contributed by atoms with E-state index in [0.717, 1.165) is 0 Å². The van der Waals surface area contributed by atoms with Crippen LogP contribution in [0.2, 0.25) is 0 Å². The van der Waals surface area contributed by atoms with Crippen molar-refractivity contribution in [3.63, 3.8) is 0 Å². The molecule has 0 saturated heterocycles. The molecule has 26 heavy (non-hydrogen) atoms. The molecule has 1 amide bonds. The summed E-state index contributed by atoms with van der Waals surface area (Å²) in [5.41, 5.74) is 0.609. The molecule has 0 spiro atoms. The Morgan fingerprint density at radius 2 is 2.08 bits per heavy atom. The number of alkyl halides is 3. The van der Waals surface area contributed by atoms with Crippen LogP contribution in [0.1, 0.15) is 61.4 Å². The number of carbonyl (C=O) groups is 1. The predicted octanol–water partition coefficient (Wildman–Crippen LogP) is 2.95. The summed E-state index contributed by atoms with van der Waals surface area (Å²) in [7, 11) is 1.78. The van der Waals surface area contributed by atoms with Crippen LogP contribution in [-0.2, 0) is 30.9 Å². The number of halogens is 3. The Bertz CT molecular complexity index is 808. The van der Waals surface area contributed by atoms with Gasteiger partial charge in [-0.25, -0.2) is 0 Å². The summed E-state index contributed by atoms with van der Waals surface area (Å²) in [6.45, 7) is 3.56. The minimum absolute atomic E-state index is 0.238. The Morgan fingerprint density at radius 3 is 2.65 bits per heavy atom. The molecule has 2 aromatic heterocycles. The number of amides is 1. The molecule has 0 radical (unpaired) electrons. The second-order valence-corrected chi connectivity index (χ2v) is 6.64. The first-order valence-corrected chi connectivity index (χ1v) is 8.69. The molecule has 1 aliphatic rings. The normalized spacial score (nSPS) is 16.4. The fourth-order valence-electron chi connectivity index (χ4n) is 3.47. The summed E-state index contributed by atoms with van der Waals surface area (Å²) < 4.78 is 42.7. The third kappa shape index (κ3) is 3.34. The molecule has 9 heteroatoms. The van der Waals surface area contributed by atoms with Gasteiger partial charge < -0.3 is 5.32 Å². The summed E-state index contributed by atoms with van der Waals surface area (Å²) in [5.74, 6) is -0.350. The number of aromatic nitrogens is 4. The zero-order valence-electron chi connectivity index (χ0n) is 15.0. The smallest absolute Gasteiger partial charge is 0.346 e. The second kappa shape index (κ2) is 6.77. The topological polar surface area (TPSA) is 64.7 Å². The molecule has 1 aliphatic carbocycles. The van der Waals surface area contributed by atoms with Gasteiger partial charge in [-0.3, -0.25) is 14.2 Å². The van der Waals surface area contributed by atoms with Gasteiger partial charge in [-0.1, -0.05) is 6.92 Å². The van der Waals surface area contributed by atoms with Gasteiger partial charge in [0.25, 0.3) is 0 Å². The summed E-state index contributed by atoms with van der Waals surface area (Å²) in [5, 5.41) is 10.9. The van der Waals surface area contributed by atoms with Gasteiger partial charge in [0.1, 0.15) is 6.04 Å². The standard InChI is InChI=1S/C17H22F3N5O/c1-4-13(16(26)21-10(2)12-8-9-24(3)22-12)25-14-7-5-6-11(14)15(23-25)17(18,19)20/h8-10,13H,4-7H2,1-3H3,(H,21,26)/t10-,13-/m0/s1. The maximum atomic E-state index is 13.3. The molecule has 3 rings (SSSR count). The van der Waals surface area contributed by atoms with Gasteiger partial charge in [0.2, 0.25) is 5.91 Å². The van der Waals surface area contributed by atoms with Gasteiger partial charge >= 0.3 is 6.18 Å². The van der Waals surface area contributed by atoms with Crippen LogP contribution in [0.15, 0.2) is 12.3 Å². The van der Waals surface area contributed by atoms with Crippen molar-refractivity contribution in [1.29, 1.82) is 0 Å². The average Bonchev–Trinajstić information content (AvgIpc) is 3.24. The molecule has 2 heterocycles. The van der Waals surface area contributed by atoms with Crippen molar-refractivity contribution in [2.75, 3.05) is 0 Å². The predicted molar refractivity (Wildman–Crippen MR) is 88.3 cm³/mol. The van der Waals surface area contributed by atoms with E-state index in [9.17, 15) is 18.0 Å². The SMILES string of the molecule is CC[C@@H](C(=O)N[C@@H](C)c1ccn(C)n1)n1nc(C(F)(F)F)c2c1CCC2. The van der Waals surface area contributed by atoms with Crippen LogP contribution in [0.5, 0.6) is 0 Å². The lowest BCUT2D eigenvalue weighted by molar-refractivity contribution is -0.142. The van der Waals surface area contributed by atoms with Crippen LogP contribution >= 0.6 is 0 Å². The van der Waals surface area contributed by atoms with E-state index in [4.69, 9.17) is 0 Å². The highest BCUT2D eigenvalue weighted by molar-refractivity contribution is 5.80. The Kier molecular flexibility index (Phi) is 4.81. The van der Waals surface area contributed by atoms with Crippen molar-refractivity contribution in [1.82, 2.24) is 24.9 Å². The highest BCUT2D eigenvalue weighted by Gasteiger charge is 2.41. The zero-order valence-corrected chi connectivity index (χ0v) is 15.0. The fraction of sp³-hybridized carbons (Fsp3) is 0.588. The molecule has 2 atom stereocenters. The van der Waals surface area contributed by atoms with Crippen molar-refractivity contribution in [2.45, 2.75) is 57.8 Å². The molecule has 0 bridgehead atoms. The second-order valence-electron chi connectivity index (χ2n) is 6.64. The minimum atomic E-state index is -4.50. The van der Waals surface area contributed by atoms with Gasteiger partial charge in [0, 0.05) is 24.5 Å². The van der Waals surface area contributed by atoms with Gasteiger partial charge in [0.15, 0.2) is 5.69 Å². The molecule has 6 nitrogen and oxygen atoms in total. The Labute approximate surface area is 149 Å². The Morgan fingerprint density at radius 1 is 1.35 bits per heavy atom. The largest absolute Gasteiger partial charge is 0.435 e. The molecule has 0 unspecified atom stereocenters. The van der Waals surface area contributed by atoms with Crippen LogP contribution in [0.3, 0.4) is 0 Å². The van der Waals surface area contributed by atoms with Crippen LogP contribution in [0.25, 0.3) is 0 Å². The van der Waals surface area contributed by atoms with Gasteiger partial charge in [-0.2, -0.15) is 23.4 Å². The van der Waals surface area contributed by atoms with E-state index in [-0.39, 0.29) is 17.5 Å². The van der Waals surface area contributed by atoms with Crippen molar-refractivity contribution in [2.24, 2.45) is 7.05 Å². The van der Waals surface area contributed by atoms with Crippen molar-refractivity contribution in [3.8, 4) is 0 Å². The highest BCUT2D eigenvalue weighted by Crippen LogP contribution is 2.37. The molecule has 1 N–H and O–H groups in total. The number of nitrogens with one attached hydrogen (secondary N) is 1. The van der Waals surface area contributed by atoms with E-state index in [1.807, 2.05) is 0 Å². The lowest BCUT2D eigenvalue weighted by Gasteiger charge is -2.20. The van der Waals surface area contributed by atoms with Crippen molar-refractivity contribution >= 4 is 5.91 Å². The molecule has 142 valence electrons. The number of nitrogens with zero attached hydrogens (tertiary/aromatic N) is 4. The van der Waals surface area contributed by atoms with E-state index in [0.29, 0.717) is 37.1 Å². The lowest BCUT2D eigenvalue weighted by Crippen LogP contribution is -2.35. The first-order chi connectivity index (χ1) is 12.2.